The van der Waals surface area contributed by atoms with Gasteiger partial charge in [0.15, 0.2) is 0 Å². The molecule has 0 atom stereocenters. The predicted octanol–water partition coefficient (Wildman–Crippen LogP) is 5.17. The molecule has 0 saturated heterocycles. The van der Waals surface area contributed by atoms with E-state index in [1.807, 2.05) is 84.9 Å². The summed E-state index contributed by atoms with van der Waals surface area (Å²) in [6, 6.07) is 37.2. The maximum Gasteiger partial charge on any atom is 0.0160 e. The SMILES string of the molecule is [Pt].[Pt].[c-]1ccccc1-c1ccccn1.[c-]1ccccc1-c1ccccn1.c1cn[n-]c1.c1cn[n-]c1. The minimum atomic E-state index is 0. The van der Waals surface area contributed by atoms with Crippen LogP contribution >= 0.6 is 0 Å². The van der Waals surface area contributed by atoms with Gasteiger partial charge in [-0.3, -0.25) is 0 Å². The van der Waals surface area contributed by atoms with Gasteiger partial charge in [0.1, 0.15) is 0 Å². The van der Waals surface area contributed by atoms with E-state index in [9.17, 15) is 0 Å². The molecule has 0 amide bonds. The van der Waals surface area contributed by atoms with Crippen LogP contribution in [0.2, 0.25) is 0 Å². The molecule has 6 aromatic rings. The van der Waals surface area contributed by atoms with Crippen LogP contribution < -0.4 is 10.2 Å². The van der Waals surface area contributed by atoms with E-state index in [4.69, 9.17) is 0 Å². The summed E-state index contributed by atoms with van der Waals surface area (Å²) in [6.45, 7) is 0. The summed E-state index contributed by atoms with van der Waals surface area (Å²) < 4.78 is 0. The maximum atomic E-state index is 4.22. The third-order valence-electron chi connectivity index (χ3n) is 4.04. The number of rotatable bonds is 2. The van der Waals surface area contributed by atoms with E-state index in [1.54, 1.807) is 49.3 Å². The van der Waals surface area contributed by atoms with Crippen molar-refractivity contribution in [3.8, 4) is 22.5 Å². The van der Waals surface area contributed by atoms with Gasteiger partial charge >= 0.3 is 0 Å². The van der Waals surface area contributed by atoms with E-state index >= 15 is 0 Å². The van der Waals surface area contributed by atoms with E-state index in [-0.39, 0.29) is 42.1 Å². The predicted molar refractivity (Wildman–Crippen MR) is 132 cm³/mol. The van der Waals surface area contributed by atoms with Crippen molar-refractivity contribution in [2.24, 2.45) is 0 Å². The van der Waals surface area contributed by atoms with Crippen molar-refractivity contribution >= 4 is 0 Å². The van der Waals surface area contributed by atoms with Gasteiger partial charge in [-0.25, -0.2) is 0 Å². The largest absolute Gasteiger partial charge is 0.582 e. The number of hydrogen-bond acceptors (Lipinski definition) is 4. The zero-order valence-corrected chi connectivity index (χ0v) is 23.6. The molecule has 8 heteroatoms. The minimum absolute atomic E-state index is 0. The number of aromatic nitrogens is 6. The quantitative estimate of drug-likeness (QED) is 0.225. The zero-order chi connectivity index (χ0) is 23.5. The molecule has 0 radical (unpaired) electrons. The Morgan fingerprint density at radius 1 is 0.472 bits per heavy atom. The first kappa shape index (κ1) is 30.6. The Morgan fingerprint density at radius 3 is 1.17 bits per heavy atom. The van der Waals surface area contributed by atoms with Crippen molar-refractivity contribution in [1.29, 1.82) is 0 Å². The first-order valence-corrected chi connectivity index (χ1v) is 10.5. The van der Waals surface area contributed by atoms with E-state index in [0.29, 0.717) is 0 Å². The Morgan fingerprint density at radius 2 is 0.917 bits per heavy atom. The Bertz CT molecular complexity index is 1010. The summed E-state index contributed by atoms with van der Waals surface area (Å²) in [5.41, 5.74) is 4.02. The molecule has 0 bridgehead atoms. The molecule has 0 N–H and O–H groups in total. The maximum absolute atomic E-state index is 4.22. The van der Waals surface area contributed by atoms with Gasteiger partial charge in [0.05, 0.1) is 0 Å². The van der Waals surface area contributed by atoms with Gasteiger partial charge < -0.3 is 30.4 Å². The first-order chi connectivity index (χ1) is 16.9. The van der Waals surface area contributed by atoms with Crippen molar-refractivity contribution in [1.82, 2.24) is 30.4 Å². The summed E-state index contributed by atoms with van der Waals surface area (Å²) in [5.74, 6) is 0. The van der Waals surface area contributed by atoms with Crippen molar-refractivity contribution in [3.63, 3.8) is 0 Å². The van der Waals surface area contributed by atoms with E-state index in [1.165, 1.54) is 0 Å². The van der Waals surface area contributed by atoms with Crippen LogP contribution in [-0.4, -0.2) is 20.2 Å². The molecule has 0 spiro atoms. The second-order valence-corrected chi connectivity index (χ2v) is 6.43. The Hall–Kier alpha value is -3.46. The fourth-order valence-electron chi connectivity index (χ4n) is 2.53. The number of hydrogen-bond donors (Lipinski definition) is 0. The number of benzene rings is 2. The molecule has 6 nitrogen and oxygen atoms in total. The monoisotopic (exact) mass is 832 g/mol. The van der Waals surface area contributed by atoms with Crippen molar-refractivity contribution in [3.05, 3.63) is 146 Å². The van der Waals surface area contributed by atoms with E-state index in [0.717, 1.165) is 22.5 Å². The fourth-order valence-corrected chi connectivity index (χ4v) is 2.53. The van der Waals surface area contributed by atoms with Crippen LogP contribution in [0.15, 0.2) is 134 Å². The Labute approximate surface area is 240 Å². The zero-order valence-electron chi connectivity index (χ0n) is 19.0. The molecule has 0 aliphatic rings. The van der Waals surface area contributed by atoms with Crippen molar-refractivity contribution in [2.45, 2.75) is 0 Å². The van der Waals surface area contributed by atoms with Gasteiger partial charge in [-0.15, -0.1) is 71.8 Å². The normalized spacial score (nSPS) is 8.67. The standard InChI is InChI=1S/2C11H8N.2C3H3N2.2Pt/c2*1-2-6-10(7-3-1)11-8-4-5-9-12-11;2*1-2-4-5-3-1;;/h2*1-6,8-9H;2*1-3H;;/q4*-1;;. The summed E-state index contributed by atoms with van der Waals surface area (Å²) in [4.78, 5) is 8.44. The average molecular weight is 833 g/mol. The Kier molecular flexibility index (Phi) is 16.8. The number of pyridine rings is 2. The molecule has 188 valence electrons. The third-order valence-corrected chi connectivity index (χ3v) is 4.04. The molecular weight excluding hydrogens is 811 g/mol. The fraction of sp³-hybridized carbons (Fsp3) is 0. The van der Waals surface area contributed by atoms with E-state index < -0.39 is 0 Å². The van der Waals surface area contributed by atoms with Gasteiger partial charge in [0.25, 0.3) is 0 Å². The molecule has 2 aromatic carbocycles. The van der Waals surface area contributed by atoms with Gasteiger partial charge in [0, 0.05) is 66.9 Å². The van der Waals surface area contributed by atoms with Crippen LogP contribution in [0.1, 0.15) is 0 Å². The Balaban J connectivity index is 0.000000253. The molecule has 4 heterocycles. The first-order valence-electron chi connectivity index (χ1n) is 10.5. The molecule has 0 aliphatic heterocycles. The molecule has 0 fully saturated rings. The second-order valence-electron chi connectivity index (χ2n) is 6.43. The summed E-state index contributed by atoms with van der Waals surface area (Å²) in [5, 5.41) is 13.9. The van der Waals surface area contributed by atoms with Crippen molar-refractivity contribution < 1.29 is 42.1 Å². The van der Waals surface area contributed by atoms with Crippen LogP contribution in [0.3, 0.4) is 0 Å². The minimum Gasteiger partial charge on any atom is -0.582 e. The molecule has 0 saturated carbocycles. The topological polar surface area (TPSA) is 79.8 Å². The summed E-state index contributed by atoms with van der Waals surface area (Å²) >= 11 is 0. The average Bonchev–Trinajstić information content (AvgIpc) is 3.71. The van der Waals surface area contributed by atoms with Gasteiger partial charge in [-0.2, -0.15) is 12.4 Å². The van der Waals surface area contributed by atoms with Gasteiger partial charge in [-0.05, 0) is 23.5 Å². The van der Waals surface area contributed by atoms with Crippen LogP contribution in [0.5, 0.6) is 0 Å². The van der Waals surface area contributed by atoms with Crippen LogP contribution in [0.25, 0.3) is 22.5 Å². The number of nitrogens with zero attached hydrogens (tertiary/aromatic N) is 6. The van der Waals surface area contributed by atoms with Gasteiger partial charge in [-0.1, -0.05) is 36.4 Å². The van der Waals surface area contributed by atoms with E-state index in [2.05, 4.69) is 42.5 Å². The smallest absolute Gasteiger partial charge is 0.0160 e. The molecule has 36 heavy (non-hydrogen) atoms. The molecule has 0 unspecified atom stereocenters. The molecular formula is C28H22N6Pt2-4. The van der Waals surface area contributed by atoms with Crippen LogP contribution in [0, 0.1) is 12.1 Å². The molecule has 0 aliphatic carbocycles. The van der Waals surface area contributed by atoms with Crippen LogP contribution in [-0.2, 0) is 42.1 Å². The third kappa shape index (κ3) is 12.3. The summed E-state index contributed by atoms with van der Waals surface area (Å²) in [6.07, 6.45) is 10.1. The van der Waals surface area contributed by atoms with Crippen molar-refractivity contribution in [2.75, 3.05) is 0 Å². The van der Waals surface area contributed by atoms with Gasteiger partial charge in [0.2, 0.25) is 0 Å². The summed E-state index contributed by atoms with van der Waals surface area (Å²) in [7, 11) is 0. The second kappa shape index (κ2) is 19.8. The van der Waals surface area contributed by atoms with Crippen LogP contribution in [0.4, 0.5) is 0 Å². The molecule has 6 rings (SSSR count). The molecule has 4 aromatic heterocycles.